The minimum atomic E-state index is 0.430. The van der Waals surface area contributed by atoms with Crippen LogP contribution in [0.3, 0.4) is 0 Å². The highest BCUT2D eigenvalue weighted by Crippen LogP contribution is 2.29. The summed E-state index contributed by atoms with van der Waals surface area (Å²) in [5, 5.41) is 0. The van der Waals surface area contributed by atoms with Gasteiger partial charge in [0.1, 0.15) is 0 Å². The summed E-state index contributed by atoms with van der Waals surface area (Å²) in [4.78, 5) is 0. The predicted octanol–water partition coefficient (Wildman–Crippen LogP) is 7.30. The molecule has 0 aromatic carbocycles. The van der Waals surface area contributed by atoms with Gasteiger partial charge in [0.15, 0.2) is 0 Å². The van der Waals surface area contributed by atoms with Crippen LogP contribution in [0.5, 0.6) is 0 Å². The van der Waals surface area contributed by atoms with Gasteiger partial charge in [0.25, 0.3) is 0 Å². The Morgan fingerprint density at radius 2 is 1.16 bits per heavy atom. The highest BCUT2D eigenvalue weighted by atomic mass is 16.5. The first kappa shape index (κ1) is 23.0. The van der Waals surface area contributed by atoms with E-state index in [4.69, 9.17) is 9.47 Å². The monoisotopic (exact) mass is 354 g/mol. The molecule has 3 atom stereocenters. The van der Waals surface area contributed by atoms with Crippen molar-refractivity contribution in [2.45, 2.75) is 129 Å². The van der Waals surface area contributed by atoms with Crippen LogP contribution in [0.25, 0.3) is 0 Å². The maximum atomic E-state index is 6.22. The van der Waals surface area contributed by atoms with Gasteiger partial charge in [-0.1, -0.05) is 85.0 Å². The van der Waals surface area contributed by atoms with E-state index in [0.717, 1.165) is 19.6 Å². The van der Waals surface area contributed by atoms with Crippen molar-refractivity contribution in [2.24, 2.45) is 5.92 Å². The Morgan fingerprint density at radius 3 is 1.76 bits per heavy atom. The average Bonchev–Trinajstić information content (AvgIpc) is 2.62. The van der Waals surface area contributed by atoms with Gasteiger partial charge in [-0.15, -0.1) is 0 Å². The van der Waals surface area contributed by atoms with Gasteiger partial charge in [-0.05, 0) is 31.6 Å². The van der Waals surface area contributed by atoms with E-state index in [1.165, 1.54) is 89.9 Å². The van der Waals surface area contributed by atoms with Gasteiger partial charge in [-0.25, -0.2) is 0 Å². The third-order valence-electron chi connectivity index (χ3n) is 5.76. The van der Waals surface area contributed by atoms with Crippen LogP contribution in [0.4, 0.5) is 0 Å². The van der Waals surface area contributed by atoms with Crippen LogP contribution < -0.4 is 0 Å². The normalized spacial score (nSPS) is 23.9. The largest absolute Gasteiger partial charge is 0.378 e. The number of hydrogen-bond donors (Lipinski definition) is 0. The average molecular weight is 355 g/mol. The molecule has 2 heteroatoms. The van der Waals surface area contributed by atoms with Crippen LogP contribution in [0.1, 0.15) is 117 Å². The summed E-state index contributed by atoms with van der Waals surface area (Å²) in [6.07, 6.45) is 20.6. The van der Waals surface area contributed by atoms with E-state index in [1.807, 2.05) is 0 Å². The third-order valence-corrected chi connectivity index (χ3v) is 5.76. The van der Waals surface area contributed by atoms with Crippen molar-refractivity contribution >= 4 is 0 Å². The smallest absolute Gasteiger partial charge is 0.0625 e. The number of rotatable bonds is 16. The van der Waals surface area contributed by atoms with E-state index in [1.54, 1.807) is 0 Å². The molecule has 0 radical (unpaired) electrons. The van der Waals surface area contributed by atoms with Crippen LogP contribution in [0.2, 0.25) is 0 Å². The van der Waals surface area contributed by atoms with Gasteiger partial charge in [-0.3, -0.25) is 0 Å². The van der Waals surface area contributed by atoms with Gasteiger partial charge in [0, 0.05) is 19.6 Å². The van der Waals surface area contributed by atoms with E-state index in [2.05, 4.69) is 20.8 Å². The first-order chi connectivity index (χ1) is 12.3. The topological polar surface area (TPSA) is 18.5 Å². The summed E-state index contributed by atoms with van der Waals surface area (Å²) in [5.74, 6) is 0.703. The summed E-state index contributed by atoms with van der Waals surface area (Å²) in [5.41, 5.74) is 0. The summed E-state index contributed by atoms with van der Waals surface area (Å²) >= 11 is 0. The molecule has 25 heavy (non-hydrogen) atoms. The lowest BCUT2D eigenvalue weighted by Gasteiger charge is -2.34. The molecule has 0 amide bonds. The highest BCUT2D eigenvalue weighted by Gasteiger charge is 2.28. The van der Waals surface area contributed by atoms with Crippen LogP contribution >= 0.6 is 0 Å². The van der Waals surface area contributed by atoms with E-state index in [-0.39, 0.29) is 0 Å². The molecule has 0 heterocycles. The first-order valence-corrected chi connectivity index (χ1v) is 11.5. The van der Waals surface area contributed by atoms with Crippen molar-refractivity contribution in [2.75, 3.05) is 13.2 Å². The zero-order chi connectivity index (χ0) is 18.2. The molecule has 1 fully saturated rings. The Labute approximate surface area is 158 Å². The van der Waals surface area contributed by atoms with Crippen molar-refractivity contribution < 1.29 is 9.47 Å². The molecule has 0 spiro atoms. The Balaban J connectivity index is 2.03. The van der Waals surface area contributed by atoms with E-state index in [9.17, 15) is 0 Å². The minimum Gasteiger partial charge on any atom is -0.378 e. The molecule has 1 aliphatic carbocycles. The molecular weight excluding hydrogens is 308 g/mol. The summed E-state index contributed by atoms with van der Waals surface area (Å²) in [7, 11) is 0. The van der Waals surface area contributed by atoms with Crippen molar-refractivity contribution in [3.63, 3.8) is 0 Å². The van der Waals surface area contributed by atoms with Crippen molar-refractivity contribution in [1.29, 1.82) is 0 Å². The maximum Gasteiger partial charge on any atom is 0.0625 e. The lowest BCUT2D eigenvalue weighted by Crippen LogP contribution is -2.34. The van der Waals surface area contributed by atoms with Gasteiger partial charge >= 0.3 is 0 Å². The second kappa shape index (κ2) is 16.1. The fraction of sp³-hybridized carbons (Fsp3) is 1.00. The molecule has 0 aromatic heterocycles. The second-order valence-electron chi connectivity index (χ2n) is 8.23. The quantitative estimate of drug-likeness (QED) is 0.271. The Kier molecular flexibility index (Phi) is 14.8. The number of ether oxygens (including phenoxy) is 2. The zero-order valence-electron chi connectivity index (χ0n) is 17.6. The van der Waals surface area contributed by atoms with Crippen LogP contribution in [-0.2, 0) is 9.47 Å². The summed E-state index contributed by atoms with van der Waals surface area (Å²) < 4.78 is 12.4. The zero-order valence-corrected chi connectivity index (χ0v) is 17.6. The molecular formula is C23H46O2. The maximum absolute atomic E-state index is 6.22. The van der Waals surface area contributed by atoms with Crippen LogP contribution in [0, 0.1) is 5.92 Å². The lowest BCUT2D eigenvalue weighted by atomic mass is 9.86. The summed E-state index contributed by atoms with van der Waals surface area (Å²) in [6.45, 7) is 8.81. The SMILES string of the molecule is CCCCCCCCOC1CCC(C)C(OCCCCCCCC)C1. The van der Waals surface area contributed by atoms with Crippen LogP contribution in [-0.4, -0.2) is 25.4 Å². The van der Waals surface area contributed by atoms with E-state index in [0.29, 0.717) is 18.1 Å². The standard InChI is InChI=1S/C23H46O2/c1-4-6-8-10-12-14-18-24-22-17-16-21(3)23(20-22)25-19-15-13-11-9-7-5-2/h21-23H,4-20H2,1-3H3. The fourth-order valence-electron chi connectivity index (χ4n) is 3.88. The predicted molar refractivity (Wildman–Crippen MR) is 109 cm³/mol. The molecule has 0 aliphatic heterocycles. The molecule has 0 saturated heterocycles. The fourth-order valence-corrected chi connectivity index (χ4v) is 3.88. The van der Waals surface area contributed by atoms with E-state index < -0.39 is 0 Å². The van der Waals surface area contributed by atoms with Gasteiger partial charge in [-0.2, -0.15) is 0 Å². The van der Waals surface area contributed by atoms with Gasteiger partial charge in [0.2, 0.25) is 0 Å². The second-order valence-corrected chi connectivity index (χ2v) is 8.23. The number of unbranched alkanes of at least 4 members (excludes halogenated alkanes) is 10. The van der Waals surface area contributed by atoms with Crippen molar-refractivity contribution in [1.82, 2.24) is 0 Å². The highest BCUT2D eigenvalue weighted by molar-refractivity contribution is 4.79. The molecule has 150 valence electrons. The van der Waals surface area contributed by atoms with Gasteiger partial charge < -0.3 is 9.47 Å². The molecule has 0 N–H and O–H groups in total. The Bertz CT molecular complexity index is 279. The molecule has 0 bridgehead atoms. The van der Waals surface area contributed by atoms with E-state index >= 15 is 0 Å². The Hall–Kier alpha value is -0.0800. The van der Waals surface area contributed by atoms with Crippen molar-refractivity contribution in [3.05, 3.63) is 0 Å². The molecule has 1 aliphatic rings. The molecule has 1 saturated carbocycles. The summed E-state index contributed by atoms with van der Waals surface area (Å²) in [6, 6.07) is 0. The molecule has 0 aromatic rings. The lowest BCUT2D eigenvalue weighted by molar-refractivity contribution is -0.0689. The third kappa shape index (κ3) is 12.0. The first-order valence-electron chi connectivity index (χ1n) is 11.5. The Morgan fingerprint density at radius 1 is 0.640 bits per heavy atom. The minimum absolute atomic E-state index is 0.430. The van der Waals surface area contributed by atoms with Crippen molar-refractivity contribution in [3.8, 4) is 0 Å². The molecule has 3 unspecified atom stereocenters. The van der Waals surface area contributed by atoms with Gasteiger partial charge in [0.05, 0.1) is 12.2 Å². The molecule has 1 rings (SSSR count). The number of hydrogen-bond acceptors (Lipinski definition) is 2. The van der Waals surface area contributed by atoms with Crippen LogP contribution in [0.15, 0.2) is 0 Å². The molecule has 2 nitrogen and oxygen atoms in total.